The molecular weight excluding hydrogens is 300 g/mol. The Morgan fingerprint density at radius 3 is 2.32 bits per heavy atom. The highest BCUT2D eigenvalue weighted by Crippen LogP contribution is 2.15. The lowest BCUT2D eigenvalue weighted by molar-refractivity contribution is -0.129. The molecule has 0 N–H and O–H groups in total. The second kappa shape index (κ2) is 7.31. The summed E-state index contributed by atoms with van der Waals surface area (Å²) in [5.41, 5.74) is 3.20. The molecule has 22 heavy (non-hydrogen) atoms. The van der Waals surface area contributed by atoms with Crippen molar-refractivity contribution in [2.45, 2.75) is 13.1 Å². The Morgan fingerprint density at radius 1 is 1.18 bits per heavy atom. The molecule has 1 aromatic carbocycles. The molecule has 2 rings (SSSR count). The summed E-state index contributed by atoms with van der Waals surface area (Å²) in [6, 6.07) is 8.16. The highest BCUT2D eigenvalue weighted by atomic mass is 35.5. The van der Waals surface area contributed by atoms with Gasteiger partial charge in [-0.3, -0.25) is 9.48 Å². The Hall–Kier alpha value is -2.01. The van der Waals surface area contributed by atoms with Gasteiger partial charge in [-0.15, -0.1) is 11.6 Å². The SMILES string of the molecule is CN(C)c1ccc(CN(Cc2cnn(C)c2)C(=O)CCl)cc1. The molecule has 0 aliphatic rings. The van der Waals surface area contributed by atoms with E-state index in [1.54, 1.807) is 15.8 Å². The Balaban J connectivity index is 2.10. The van der Waals surface area contributed by atoms with E-state index >= 15 is 0 Å². The number of anilines is 1. The highest BCUT2D eigenvalue weighted by molar-refractivity contribution is 6.27. The fourth-order valence-electron chi connectivity index (χ4n) is 2.21. The van der Waals surface area contributed by atoms with Crippen LogP contribution < -0.4 is 4.90 Å². The summed E-state index contributed by atoms with van der Waals surface area (Å²) in [4.78, 5) is 15.8. The van der Waals surface area contributed by atoms with Crippen molar-refractivity contribution in [1.29, 1.82) is 0 Å². The summed E-state index contributed by atoms with van der Waals surface area (Å²) in [5, 5.41) is 4.13. The van der Waals surface area contributed by atoms with Gasteiger partial charge in [-0.05, 0) is 17.7 Å². The third kappa shape index (κ3) is 4.24. The maximum atomic E-state index is 12.1. The van der Waals surface area contributed by atoms with Gasteiger partial charge in [0.15, 0.2) is 0 Å². The first kappa shape index (κ1) is 16.4. The maximum Gasteiger partial charge on any atom is 0.238 e. The number of halogens is 1. The van der Waals surface area contributed by atoms with E-state index in [9.17, 15) is 4.79 Å². The molecule has 0 saturated heterocycles. The lowest BCUT2D eigenvalue weighted by atomic mass is 10.1. The molecule has 118 valence electrons. The zero-order valence-corrected chi connectivity index (χ0v) is 13.9. The van der Waals surface area contributed by atoms with E-state index in [4.69, 9.17) is 11.6 Å². The van der Waals surface area contributed by atoms with Gasteiger partial charge >= 0.3 is 0 Å². The summed E-state index contributed by atoms with van der Waals surface area (Å²) in [7, 11) is 5.86. The standard InChI is InChI=1S/C16H21ClN4O/c1-19(2)15-6-4-13(5-7-15)11-21(16(22)8-17)12-14-9-18-20(3)10-14/h4-7,9-10H,8,11-12H2,1-3H3. The molecule has 0 radical (unpaired) electrons. The number of nitrogens with zero attached hydrogens (tertiary/aromatic N) is 4. The largest absolute Gasteiger partial charge is 0.378 e. The van der Waals surface area contributed by atoms with Crippen LogP contribution in [0.2, 0.25) is 0 Å². The van der Waals surface area contributed by atoms with Crippen LogP contribution in [0, 0.1) is 0 Å². The second-order valence-corrected chi connectivity index (χ2v) is 5.73. The molecule has 1 heterocycles. The normalized spacial score (nSPS) is 10.5. The monoisotopic (exact) mass is 320 g/mol. The van der Waals surface area contributed by atoms with Gasteiger partial charge in [0.05, 0.1) is 6.20 Å². The van der Waals surface area contributed by atoms with Gasteiger partial charge < -0.3 is 9.80 Å². The van der Waals surface area contributed by atoms with E-state index in [0.29, 0.717) is 13.1 Å². The minimum atomic E-state index is -0.0813. The number of hydrogen-bond donors (Lipinski definition) is 0. The Labute approximate surface area is 136 Å². The zero-order valence-electron chi connectivity index (χ0n) is 13.2. The number of benzene rings is 1. The number of aromatic nitrogens is 2. The van der Waals surface area contributed by atoms with Crippen molar-refractivity contribution in [2.24, 2.45) is 7.05 Å². The van der Waals surface area contributed by atoms with Crippen molar-refractivity contribution < 1.29 is 4.79 Å². The van der Waals surface area contributed by atoms with E-state index in [1.165, 1.54) is 0 Å². The molecule has 1 aromatic heterocycles. The van der Waals surface area contributed by atoms with Crippen LogP contribution in [-0.2, 0) is 24.9 Å². The van der Waals surface area contributed by atoms with Gasteiger partial charge in [0.1, 0.15) is 5.88 Å². The number of hydrogen-bond acceptors (Lipinski definition) is 3. The quantitative estimate of drug-likeness (QED) is 0.767. The summed E-state index contributed by atoms with van der Waals surface area (Å²) in [6.45, 7) is 1.04. The van der Waals surface area contributed by atoms with E-state index < -0.39 is 0 Å². The molecule has 1 amide bonds. The number of carbonyl (C=O) groups excluding carboxylic acids is 1. The van der Waals surface area contributed by atoms with Crippen LogP contribution in [0.4, 0.5) is 5.69 Å². The van der Waals surface area contributed by atoms with Gasteiger partial charge in [-0.25, -0.2) is 0 Å². The molecule has 0 spiro atoms. The van der Waals surface area contributed by atoms with Gasteiger partial charge in [-0.1, -0.05) is 12.1 Å². The van der Waals surface area contributed by atoms with Crippen LogP contribution in [-0.4, -0.2) is 40.6 Å². The van der Waals surface area contributed by atoms with Crippen LogP contribution in [0.3, 0.4) is 0 Å². The molecule has 5 nitrogen and oxygen atoms in total. The van der Waals surface area contributed by atoms with Crippen molar-refractivity contribution in [3.8, 4) is 0 Å². The van der Waals surface area contributed by atoms with Gasteiger partial charge in [-0.2, -0.15) is 5.10 Å². The smallest absolute Gasteiger partial charge is 0.238 e. The van der Waals surface area contributed by atoms with Crippen molar-refractivity contribution in [2.75, 3.05) is 24.9 Å². The third-order valence-corrected chi connectivity index (χ3v) is 3.65. The molecule has 0 unspecified atom stereocenters. The summed E-state index contributed by atoms with van der Waals surface area (Å²) in [5.74, 6) is -0.0991. The molecule has 2 aromatic rings. The first-order chi connectivity index (χ1) is 10.5. The van der Waals surface area contributed by atoms with Gasteiger partial charge in [0, 0.05) is 51.7 Å². The van der Waals surface area contributed by atoms with E-state index in [0.717, 1.165) is 16.8 Å². The summed E-state index contributed by atoms with van der Waals surface area (Å²) >= 11 is 5.73. The number of aryl methyl sites for hydroxylation is 1. The van der Waals surface area contributed by atoms with Crippen LogP contribution in [0.15, 0.2) is 36.7 Å². The second-order valence-electron chi connectivity index (χ2n) is 5.47. The lowest BCUT2D eigenvalue weighted by Gasteiger charge is -2.22. The summed E-state index contributed by atoms with van der Waals surface area (Å²) in [6.07, 6.45) is 3.67. The minimum absolute atomic E-state index is 0.0178. The first-order valence-electron chi connectivity index (χ1n) is 7.07. The highest BCUT2D eigenvalue weighted by Gasteiger charge is 2.14. The molecule has 0 fully saturated rings. The number of rotatable bonds is 6. The molecule has 0 atom stereocenters. The average Bonchev–Trinajstić information content (AvgIpc) is 2.91. The van der Waals surface area contributed by atoms with Gasteiger partial charge in [0.2, 0.25) is 5.91 Å². The summed E-state index contributed by atoms with van der Waals surface area (Å²) < 4.78 is 1.73. The van der Waals surface area contributed by atoms with Crippen LogP contribution in [0.5, 0.6) is 0 Å². The third-order valence-electron chi connectivity index (χ3n) is 3.42. The number of amides is 1. The van der Waals surface area contributed by atoms with Crippen molar-refractivity contribution >= 4 is 23.2 Å². The lowest BCUT2D eigenvalue weighted by Crippen LogP contribution is -2.30. The molecule has 6 heteroatoms. The Bertz CT molecular complexity index is 621. The number of alkyl halides is 1. The topological polar surface area (TPSA) is 41.4 Å². The van der Waals surface area contributed by atoms with E-state index in [-0.39, 0.29) is 11.8 Å². The predicted molar refractivity (Wildman–Crippen MR) is 89.0 cm³/mol. The fraction of sp³-hybridized carbons (Fsp3) is 0.375. The maximum absolute atomic E-state index is 12.1. The molecule has 0 saturated carbocycles. The Morgan fingerprint density at radius 2 is 1.82 bits per heavy atom. The van der Waals surface area contributed by atoms with Crippen LogP contribution in [0.25, 0.3) is 0 Å². The number of carbonyl (C=O) groups is 1. The van der Waals surface area contributed by atoms with E-state index in [2.05, 4.69) is 5.10 Å². The predicted octanol–water partition coefficient (Wildman–Crippen LogP) is 2.25. The zero-order chi connectivity index (χ0) is 16.1. The van der Waals surface area contributed by atoms with Crippen molar-refractivity contribution in [3.63, 3.8) is 0 Å². The van der Waals surface area contributed by atoms with Crippen molar-refractivity contribution in [3.05, 3.63) is 47.8 Å². The van der Waals surface area contributed by atoms with Crippen LogP contribution in [0.1, 0.15) is 11.1 Å². The van der Waals surface area contributed by atoms with Crippen LogP contribution >= 0.6 is 11.6 Å². The minimum Gasteiger partial charge on any atom is -0.378 e. The first-order valence-corrected chi connectivity index (χ1v) is 7.60. The Kier molecular flexibility index (Phi) is 5.44. The van der Waals surface area contributed by atoms with Crippen molar-refractivity contribution in [1.82, 2.24) is 14.7 Å². The molecule has 0 aliphatic heterocycles. The molecular formula is C16H21ClN4O. The molecule has 0 bridgehead atoms. The van der Waals surface area contributed by atoms with Gasteiger partial charge in [0.25, 0.3) is 0 Å². The fourth-order valence-corrected chi connectivity index (χ4v) is 2.38. The van der Waals surface area contributed by atoms with E-state index in [1.807, 2.05) is 56.5 Å². The average molecular weight is 321 g/mol. The molecule has 0 aliphatic carbocycles.